The first-order valence-electron chi connectivity index (χ1n) is 4.74. The minimum Gasteiger partial charge on any atom is -0.393 e. The first kappa shape index (κ1) is 10.7. The van der Waals surface area contributed by atoms with Gasteiger partial charge in [-0.2, -0.15) is 0 Å². The van der Waals surface area contributed by atoms with Gasteiger partial charge in [0.1, 0.15) is 11.6 Å². The average Bonchev–Trinajstić information content (AvgIpc) is 2.51. The van der Waals surface area contributed by atoms with E-state index < -0.39 is 29.5 Å². The summed E-state index contributed by atoms with van der Waals surface area (Å²) in [6.07, 6.45) is -0.0943. The molecule has 0 radical (unpaired) electrons. The van der Waals surface area contributed by atoms with E-state index in [1.54, 1.807) is 0 Å². The molecule has 1 aliphatic rings. The Morgan fingerprint density at radius 1 is 1.31 bits per heavy atom. The summed E-state index contributed by atoms with van der Waals surface area (Å²) in [7, 11) is 0. The topological polar surface area (TPSA) is 43.4 Å². The third-order valence-electron chi connectivity index (χ3n) is 2.43. The average molecular weight is 226 g/mol. The molecule has 0 bridgehead atoms. The summed E-state index contributed by atoms with van der Waals surface area (Å²) in [4.78, 5) is 21.9. The van der Waals surface area contributed by atoms with Gasteiger partial charge >= 0.3 is 11.9 Å². The van der Waals surface area contributed by atoms with E-state index in [4.69, 9.17) is 0 Å². The van der Waals surface area contributed by atoms with Crippen LogP contribution in [0.2, 0.25) is 0 Å². The van der Waals surface area contributed by atoms with Crippen LogP contribution in [0.5, 0.6) is 0 Å². The number of hydrogen-bond donors (Lipinski definition) is 0. The van der Waals surface area contributed by atoms with Crippen LogP contribution in [0.25, 0.3) is 0 Å². The summed E-state index contributed by atoms with van der Waals surface area (Å²) in [5.41, 5.74) is 0.0802. The molecule has 0 amide bonds. The van der Waals surface area contributed by atoms with Gasteiger partial charge in [0.2, 0.25) is 0 Å². The fraction of sp³-hybridized carbons (Fsp3) is 0.273. The van der Waals surface area contributed by atoms with Crippen LogP contribution >= 0.6 is 0 Å². The van der Waals surface area contributed by atoms with Gasteiger partial charge in [-0.15, -0.1) is 0 Å². The molecule has 1 heterocycles. The molecule has 1 aromatic rings. The summed E-state index contributed by atoms with van der Waals surface area (Å²) in [6.45, 7) is 0. The number of benzene rings is 1. The third-order valence-corrected chi connectivity index (χ3v) is 2.43. The number of rotatable bonds is 2. The number of cyclic esters (lactones) is 2. The lowest BCUT2D eigenvalue weighted by atomic mass is 9.97. The highest BCUT2D eigenvalue weighted by Gasteiger charge is 2.33. The van der Waals surface area contributed by atoms with Crippen molar-refractivity contribution in [2.45, 2.75) is 12.8 Å². The molecule has 0 N–H and O–H groups in total. The van der Waals surface area contributed by atoms with E-state index >= 15 is 0 Å². The SMILES string of the molecule is O=C1CC(Cc2cc(F)ccc2F)C(=O)O1. The maximum atomic E-state index is 13.2. The van der Waals surface area contributed by atoms with E-state index in [2.05, 4.69) is 4.74 Å². The molecule has 1 fully saturated rings. The second kappa shape index (κ2) is 4.00. The van der Waals surface area contributed by atoms with Gasteiger partial charge < -0.3 is 4.74 Å². The van der Waals surface area contributed by atoms with E-state index in [0.717, 1.165) is 18.2 Å². The van der Waals surface area contributed by atoms with Crippen molar-refractivity contribution in [3.05, 3.63) is 35.4 Å². The van der Waals surface area contributed by atoms with Crippen molar-refractivity contribution in [3.63, 3.8) is 0 Å². The van der Waals surface area contributed by atoms with Crippen molar-refractivity contribution in [1.29, 1.82) is 0 Å². The fourth-order valence-electron chi connectivity index (χ4n) is 1.64. The standard InChI is InChI=1S/C11H8F2O3/c12-8-1-2-9(13)6(4-8)3-7-5-10(14)16-11(7)15/h1-2,4,7H,3,5H2. The molecule has 1 atom stereocenters. The highest BCUT2D eigenvalue weighted by molar-refractivity contribution is 5.94. The Hall–Kier alpha value is -1.78. The first-order valence-corrected chi connectivity index (χ1v) is 4.74. The van der Waals surface area contributed by atoms with Crippen molar-refractivity contribution >= 4 is 11.9 Å². The molecule has 84 valence electrons. The first-order chi connectivity index (χ1) is 7.56. The van der Waals surface area contributed by atoms with Gasteiger partial charge in [0, 0.05) is 0 Å². The Labute approximate surface area is 90.0 Å². The van der Waals surface area contributed by atoms with E-state index in [1.807, 2.05) is 0 Å². The van der Waals surface area contributed by atoms with Crippen LogP contribution in [-0.2, 0) is 20.7 Å². The zero-order valence-electron chi connectivity index (χ0n) is 8.20. The number of hydrogen-bond acceptors (Lipinski definition) is 3. The molecule has 0 saturated carbocycles. The molecule has 1 aliphatic heterocycles. The monoisotopic (exact) mass is 226 g/mol. The van der Waals surface area contributed by atoms with Gasteiger partial charge in [0.25, 0.3) is 0 Å². The van der Waals surface area contributed by atoms with Crippen LogP contribution in [0, 0.1) is 17.6 Å². The maximum Gasteiger partial charge on any atom is 0.317 e. The van der Waals surface area contributed by atoms with E-state index in [0.29, 0.717) is 0 Å². The molecular weight excluding hydrogens is 218 g/mol. The van der Waals surface area contributed by atoms with Crippen LogP contribution in [0.4, 0.5) is 8.78 Å². The van der Waals surface area contributed by atoms with Crippen molar-refractivity contribution in [3.8, 4) is 0 Å². The summed E-state index contributed by atoms with van der Waals surface area (Å²) in [6, 6.07) is 3.01. The number of carbonyl (C=O) groups excluding carboxylic acids is 2. The largest absolute Gasteiger partial charge is 0.393 e. The Balaban J connectivity index is 2.18. The fourth-order valence-corrected chi connectivity index (χ4v) is 1.64. The van der Waals surface area contributed by atoms with Crippen molar-refractivity contribution in [2.75, 3.05) is 0 Å². The minimum atomic E-state index is -0.705. The Morgan fingerprint density at radius 2 is 2.06 bits per heavy atom. The van der Waals surface area contributed by atoms with Crippen molar-refractivity contribution < 1.29 is 23.1 Å². The predicted molar refractivity (Wildman–Crippen MR) is 49.3 cm³/mol. The quantitative estimate of drug-likeness (QED) is 0.568. The van der Waals surface area contributed by atoms with Crippen LogP contribution in [0.3, 0.4) is 0 Å². The van der Waals surface area contributed by atoms with Crippen molar-refractivity contribution in [1.82, 2.24) is 0 Å². The molecule has 3 nitrogen and oxygen atoms in total. The molecule has 0 aliphatic carbocycles. The summed E-state index contributed by atoms with van der Waals surface area (Å²) in [5, 5.41) is 0. The zero-order chi connectivity index (χ0) is 11.7. The molecule has 1 saturated heterocycles. The van der Waals surface area contributed by atoms with E-state index in [1.165, 1.54) is 0 Å². The van der Waals surface area contributed by atoms with E-state index in [-0.39, 0.29) is 18.4 Å². The van der Waals surface area contributed by atoms with Crippen molar-refractivity contribution in [2.24, 2.45) is 5.92 Å². The maximum absolute atomic E-state index is 13.2. The molecule has 1 aromatic carbocycles. The number of carbonyl (C=O) groups is 2. The Bertz CT molecular complexity index is 457. The van der Waals surface area contributed by atoms with Crippen LogP contribution in [0.15, 0.2) is 18.2 Å². The lowest BCUT2D eigenvalue weighted by Crippen LogP contribution is -2.11. The van der Waals surface area contributed by atoms with E-state index in [9.17, 15) is 18.4 Å². The second-order valence-electron chi connectivity index (χ2n) is 3.63. The second-order valence-corrected chi connectivity index (χ2v) is 3.63. The van der Waals surface area contributed by atoms with Crippen LogP contribution < -0.4 is 0 Å². The minimum absolute atomic E-state index is 0.0197. The van der Waals surface area contributed by atoms with Gasteiger partial charge in [-0.1, -0.05) is 0 Å². The molecule has 1 unspecified atom stereocenters. The predicted octanol–water partition coefficient (Wildman–Crippen LogP) is 1.60. The van der Waals surface area contributed by atoms with Crippen LogP contribution in [0.1, 0.15) is 12.0 Å². The van der Waals surface area contributed by atoms with Gasteiger partial charge in [0.15, 0.2) is 0 Å². The molecule has 16 heavy (non-hydrogen) atoms. The molecular formula is C11H8F2O3. The van der Waals surface area contributed by atoms with Gasteiger partial charge in [0.05, 0.1) is 12.3 Å². The number of ether oxygens (including phenoxy) is 1. The van der Waals surface area contributed by atoms with Crippen LogP contribution in [-0.4, -0.2) is 11.9 Å². The summed E-state index contributed by atoms with van der Waals surface area (Å²) >= 11 is 0. The normalized spacial score (nSPS) is 20.0. The number of halogens is 2. The van der Waals surface area contributed by atoms with Gasteiger partial charge in [-0.3, -0.25) is 9.59 Å². The zero-order valence-corrected chi connectivity index (χ0v) is 8.20. The molecule has 5 heteroatoms. The lowest BCUT2D eigenvalue weighted by Gasteiger charge is -2.05. The molecule has 2 rings (SSSR count). The lowest BCUT2D eigenvalue weighted by molar-refractivity contribution is -0.153. The smallest absolute Gasteiger partial charge is 0.317 e. The Morgan fingerprint density at radius 3 is 2.69 bits per heavy atom. The number of esters is 2. The van der Waals surface area contributed by atoms with Gasteiger partial charge in [-0.25, -0.2) is 8.78 Å². The third kappa shape index (κ3) is 2.08. The van der Waals surface area contributed by atoms with Gasteiger partial charge in [-0.05, 0) is 30.2 Å². The summed E-state index contributed by atoms with van der Waals surface area (Å²) in [5.74, 6) is -3.16. The highest BCUT2D eigenvalue weighted by atomic mass is 19.1. The molecule has 0 spiro atoms. The highest BCUT2D eigenvalue weighted by Crippen LogP contribution is 2.22. The molecule has 0 aromatic heterocycles. The summed E-state index contributed by atoms with van der Waals surface area (Å²) < 4.78 is 30.4. The Kier molecular flexibility index (Phi) is 2.68.